The molecule has 1 aromatic carbocycles. The number of carbonyl (C=O) groups excluding carboxylic acids is 1. The lowest BCUT2D eigenvalue weighted by Crippen LogP contribution is -2.28. The molecule has 0 spiro atoms. The number of nitrogens with zero attached hydrogens (tertiary/aromatic N) is 1. The van der Waals surface area contributed by atoms with Crippen LogP contribution in [0.1, 0.15) is 75.5 Å². The Hall–Kier alpha value is -1.87. The van der Waals surface area contributed by atoms with Crippen molar-refractivity contribution in [1.82, 2.24) is 14.9 Å². The van der Waals surface area contributed by atoms with Crippen LogP contribution in [-0.4, -0.2) is 36.4 Å². The summed E-state index contributed by atoms with van der Waals surface area (Å²) in [7, 11) is 0. The lowest BCUT2D eigenvalue weighted by Gasteiger charge is -2.19. The number of allylic oxidation sites excluding steroid dienone is 1. The van der Waals surface area contributed by atoms with Gasteiger partial charge in [-0.05, 0) is 81.1 Å². The van der Waals surface area contributed by atoms with E-state index in [9.17, 15) is 18.0 Å². The Labute approximate surface area is 204 Å². The van der Waals surface area contributed by atoms with E-state index in [1.165, 1.54) is 24.1 Å². The van der Waals surface area contributed by atoms with E-state index >= 15 is 0 Å². The Balaban J connectivity index is 1.15. The average Bonchev–Trinajstić information content (AvgIpc) is 3.52. The number of rotatable bonds is 12. The van der Waals surface area contributed by atoms with Crippen LogP contribution in [0, 0.1) is 5.92 Å². The first kappa shape index (κ1) is 25.2. The highest BCUT2D eigenvalue weighted by Gasteiger charge is 2.35. The predicted octanol–water partition coefficient (Wildman–Crippen LogP) is 6.43. The lowest BCUT2D eigenvalue weighted by atomic mass is 9.90. The van der Waals surface area contributed by atoms with E-state index in [0.29, 0.717) is 12.5 Å². The van der Waals surface area contributed by atoms with Crippen molar-refractivity contribution in [2.45, 2.75) is 70.5 Å². The molecule has 1 aliphatic heterocycles. The number of urea groups is 1. The molecule has 2 aliphatic carbocycles. The van der Waals surface area contributed by atoms with Crippen LogP contribution in [-0.2, 0) is 6.18 Å². The quantitative estimate of drug-likeness (QED) is 0.258. The van der Waals surface area contributed by atoms with Gasteiger partial charge in [0.1, 0.15) is 5.75 Å². The van der Waals surface area contributed by atoms with Gasteiger partial charge in [-0.3, -0.25) is 4.72 Å². The van der Waals surface area contributed by atoms with Crippen molar-refractivity contribution in [3.05, 3.63) is 40.6 Å². The molecule has 9 heteroatoms. The predicted molar refractivity (Wildman–Crippen MR) is 129 cm³/mol. The Morgan fingerprint density at radius 1 is 1.24 bits per heavy atom. The molecule has 188 valence electrons. The Morgan fingerprint density at radius 2 is 2.03 bits per heavy atom. The monoisotopic (exact) mass is 497 g/mol. The number of ether oxygens (including phenoxy) is 1. The van der Waals surface area contributed by atoms with Crippen LogP contribution in [0.4, 0.5) is 18.0 Å². The fourth-order valence-electron chi connectivity index (χ4n) is 4.11. The molecule has 2 N–H and O–H groups in total. The summed E-state index contributed by atoms with van der Waals surface area (Å²) in [5, 5.41) is 3.01. The van der Waals surface area contributed by atoms with Crippen LogP contribution in [0.15, 0.2) is 29.5 Å². The molecule has 34 heavy (non-hydrogen) atoms. The molecule has 0 unspecified atom stereocenters. The van der Waals surface area contributed by atoms with Crippen LogP contribution in [0.2, 0.25) is 0 Å². The van der Waals surface area contributed by atoms with Gasteiger partial charge in [-0.15, -0.1) is 0 Å². The fourth-order valence-corrected chi connectivity index (χ4v) is 4.96. The van der Waals surface area contributed by atoms with Gasteiger partial charge in [-0.25, -0.2) is 4.79 Å². The van der Waals surface area contributed by atoms with Gasteiger partial charge >= 0.3 is 12.2 Å². The number of benzene rings is 1. The number of unbranched alkanes of at least 4 members (excludes halogenated alkanes) is 2. The second kappa shape index (κ2) is 11.2. The highest BCUT2D eigenvalue weighted by molar-refractivity contribution is 7.97. The van der Waals surface area contributed by atoms with Gasteiger partial charge < -0.3 is 15.0 Å². The summed E-state index contributed by atoms with van der Waals surface area (Å²) in [5.41, 5.74) is 2.60. The van der Waals surface area contributed by atoms with E-state index in [0.717, 1.165) is 81.1 Å². The summed E-state index contributed by atoms with van der Waals surface area (Å²) in [6, 6.07) is 4.11. The smallest absolute Gasteiger partial charge is 0.419 e. The van der Waals surface area contributed by atoms with Crippen molar-refractivity contribution in [3.63, 3.8) is 0 Å². The van der Waals surface area contributed by atoms with Crippen molar-refractivity contribution < 1.29 is 22.7 Å². The number of halogens is 3. The first-order valence-corrected chi connectivity index (χ1v) is 13.3. The molecule has 2 saturated carbocycles. The largest absolute Gasteiger partial charge is 0.493 e. The molecule has 2 amide bonds. The molecule has 4 rings (SSSR count). The molecule has 1 saturated heterocycles. The minimum Gasteiger partial charge on any atom is -0.493 e. The first-order valence-electron chi connectivity index (χ1n) is 12.3. The van der Waals surface area contributed by atoms with Gasteiger partial charge in [0, 0.05) is 24.0 Å². The van der Waals surface area contributed by atoms with Crippen molar-refractivity contribution in [2.24, 2.45) is 5.92 Å². The summed E-state index contributed by atoms with van der Waals surface area (Å²) in [5.74, 6) is 1.22. The fraction of sp³-hybridized carbons (Fsp3) is 0.640. The van der Waals surface area contributed by atoms with E-state index in [1.54, 1.807) is 11.9 Å². The second-order valence-corrected chi connectivity index (χ2v) is 10.5. The van der Waals surface area contributed by atoms with Crippen molar-refractivity contribution in [1.29, 1.82) is 0 Å². The Bertz CT molecular complexity index is 896. The highest BCUT2D eigenvalue weighted by atomic mass is 32.2. The molecule has 5 nitrogen and oxygen atoms in total. The van der Waals surface area contributed by atoms with Crippen LogP contribution >= 0.6 is 11.9 Å². The third-order valence-corrected chi connectivity index (χ3v) is 7.71. The zero-order valence-corrected chi connectivity index (χ0v) is 20.5. The minimum atomic E-state index is -4.42. The SMILES string of the molecule is C[C@H](NSCCCCCN1CC(=C2CCC2)NC1=O)c1ccc(C(F)(F)F)c(OCC2CC2)c1. The van der Waals surface area contributed by atoms with Gasteiger partial charge in [-0.1, -0.05) is 24.4 Å². The van der Waals surface area contributed by atoms with Gasteiger partial charge in [0.25, 0.3) is 0 Å². The van der Waals surface area contributed by atoms with Crippen LogP contribution in [0.25, 0.3) is 0 Å². The van der Waals surface area contributed by atoms with Crippen LogP contribution in [0.5, 0.6) is 5.75 Å². The Morgan fingerprint density at radius 3 is 2.71 bits per heavy atom. The van der Waals surface area contributed by atoms with Gasteiger partial charge in [0.15, 0.2) is 0 Å². The molecule has 3 aliphatic rings. The molecule has 3 fully saturated rings. The molecular weight excluding hydrogens is 463 g/mol. The Kier molecular flexibility index (Phi) is 8.34. The zero-order chi connectivity index (χ0) is 24.1. The average molecular weight is 498 g/mol. The number of hydrogen-bond donors (Lipinski definition) is 2. The van der Waals surface area contributed by atoms with E-state index in [-0.39, 0.29) is 17.8 Å². The molecule has 0 radical (unpaired) electrons. The normalized spacial score (nSPS) is 19.3. The number of carbonyl (C=O) groups is 1. The van der Waals surface area contributed by atoms with Crippen LogP contribution < -0.4 is 14.8 Å². The number of amides is 2. The molecule has 0 aromatic heterocycles. The summed E-state index contributed by atoms with van der Waals surface area (Å²) >= 11 is 1.58. The maximum Gasteiger partial charge on any atom is 0.419 e. The van der Waals surface area contributed by atoms with Crippen molar-refractivity contribution in [2.75, 3.05) is 25.4 Å². The van der Waals surface area contributed by atoms with E-state index in [2.05, 4.69) is 10.0 Å². The lowest BCUT2D eigenvalue weighted by molar-refractivity contribution is -0.139. The summed E-state index contributed by atoms with van der Waals surface area (Å²) < 4.78 is 48.9. The highest BCUT2D eigenvalue weighted by Crippen LogP contribution is 2.39. The molecule has 1 heterocycles. The van der Waals surface area contributed by atoms with Gasteiger partial charge in [0.05, 0.1) is 18.7 Å². The van der Waals surface area contributed by atoms with E-state index < -0.39 is 11.7 Å². The number of alkyl halides is 3. The maximum absolute atomic E-state index is 13.3. The standard InChI is InChI=1S/C25H34F3N3O2S/c1-17(20-10-11-21(25(26,27)28)23(14-20)33-16-18-8-9-18)30-34-13-4-2-3-12-31-15-22(29-24(31)32)19-6-5-7-19/h10-11,14,17-18,30H,2-9,12-13,15-16H2,1H3,(H,29,32)/t17-/m0/s1. The molecule has 1 atom stereocenters. The van der Waals surface area contributed by atoms with E-state index in [1.807, 2.05) is 11.8 Å². The van der Waals surface area contributed by atoms with Crippen molar-refractivity contribution in [3.8, 4) is 5.75 Å². The third kappa shape index (κ3) is 6.84. The van der Waals surface area contributed by atoms with E-state index in [4.69, 9.17) is 4.74 Å². The first-order chi connectivity index (χ1) is 16.3. The third-order valence-electron chi connectivity index (χ3n) is 6.69. The molecular formula is C25H34F3N3O2S. The minimum absolute atomic E-state index is 0.0243. The van der Waals surface area contributed by atoms with Crippen LogP contribution in [0.3, 0.4) is 0 Å². The summed E-state index contributed by atoms with van der Waals surface area (Å²) in [6.07, 6.45) is 4.10. The number of hydrogen-bond acceptors (Lipinski definition) is 4. The second-order valence-electron chi connectivity index (χ2n) is 9.54. The van der Waals surface area contributed by atoms with Gasteiger partial charge in [0.2, 0.25) is 0 Å². The van der Waals surface area contributed by atoms with Gasteiger partial charge in [-0.2, -0.15) is 13.2 Å². The molecule has 1 aromatic rings. The van der Waals surface area contributed by atoms with Crippen molar-refractivity contribution >= 4 is 18.0 Å². The summed E-state index contributed by atoms with van der Waals surface area (Å²) in [4.78, 5) is 14.0. The maximum atomic E-state index is 13.3. The number of nitrogens with one attached hydrogen (secondary N) is 2. The zero-order valence-electron chi connectivity index (χ0n) is 19.7. The topological polar surface area (TPSA) is 53.6 Å². The summed E-state index contributed by atoms with van der Waals surface area (Å²) in [6.45, 7) is 3.79. The molecule has 0 bridgehead atoms.